The van der Waals surface area contributed by atoms with Crippen LogP contribution in [0.5, 0.6) is 0 Å². The van der Waals surface area contributed by atoms with Gasteiger partial charge in [0, 0.05) is 37.5 Å². The molecule has 10 nitrogen and oxygen atoms in total. The Morgan fingerprint density at radius 3 is 2.58 bits per heavy atom. The van der Waals surface area contributed by atoms with Crippen molar-refractivity contribution in [3.05, 3.63) is 16.1 Å². The third-order valence-electron chi connectivity index (χ3n) is 5.14. The first kappa shape index (κ1) is 27.2. The van der Waals surface area contributed by atoms with Crippen molar-refractivity contribution in [2.75, 3.05) is 59.8 Å². The maximum absolute atomic E-state index is 12.4. The highest BCUT2D eigenvalue weighted by Gasteiger charge is 2.26. The Bertz CT molecular complexity index is 750. The minimum Gasteiger partial charge on any atom is -0.466 e. The minimum absolute atomic E-state index is 0.0277. The van der Waals surface area contributed by atoms with Gasteiger partial charge >= 0.3 is 5.97 Å². The van der Waals surface area contributed by atoms with E-state index < -0.39 is 0 Å². The summed E-state index contributed by atoms with van der Waals surface area (Å²) in [6.45, 7) is 6.97. The quantitative estimate of drug-likeness (QED) is 0.312. The molecule has 1 aromatic rings. The predicted octanol–water partition coefficient (Wildman–Crippen LogP) is 1.60. The summed E-state index contributed by atoms with van der Waals surface area (Å²) in [5.74, 6) is -0.454. The highest BCUT2D eigenvalue weighted by Crippen LogP contribution is 2.30. The number of hydrogen-bond donors (Lipinski definition) is 1. The molecule has 1 aliphatic rings. The van der Waals surface area contributed by atoms with Crippen LogP contribution in [0.4, 0.5) is 0 Å². The molecular formula is C22H35N3O7S. The van der Waals surface area contributed by atoms with Crippen LogP contribution in [0.25, 0.3) is 0 Å². The van der Waals surface area contributed by atoms with Crippen LogP contribution in [0.1, 0.15) is 54.5 Å². The van der Waals surface area contributed by atoms with E-state index in [0.29, 0.717) is 51.8 Å². The summed E-state index contributed by atoms with van der Waals surface area (Å²) >= 11 is 1.45. The summed E-state index contributed by atoms with van der Waals surface area (Å²) in [5, 5.41) is 5.42. The SMILES string of the molecule is CCOC(=O)CC(C)NC(=O)c1csc(C2CCN(C(=O)COCCOCCOC)CC2)n1. The molecule has 0 saturated carbocycles. The molecule has 1 aromatic heterocycles. The lowest BCUT2D eigenvalue weighted by Crippen LogP contribution is -2.40. The molecule has 0 aliphatic carbocycles. The van der Waals surface area contributed by atoms with E-state index in [0.717, 1.165) is 17.8 Å². The van der Waals surface area contributed by atoms with Crippen LogP contribution in [-0.2, 0) is 28.5 Å². The summed E-state index contributed by atoms with van der Waals surface area (Å²) in [4.78, 5) is 42.6. The monoisotopic (exact) mass is 485 g/mol. The van der Waals surface area contributed by atoms with Crippen molar-refractivity contribution >= 4 is 29.1 Å². The van der Waals surface area contributed by atoms with Gasteiger partial charge in [-0.3, -0.25) is 14.4 Å². The van der Waals surface area contributed by atoms with E-state index in [9.17, 15) is 14.4 Å². The molecule has 1 saturated heterocycles. The van der Waals surface area contributed by atoms with Gasteiger partial charge in [-0.15, -0.1) is 11.3 Å². The summed E-state index contributed by atoms with van der Waals surface area (Å²) in [6.07, 6.45) is 1.70. The van der Waals surface area contributed by atoms with Crippen LogP contribution in [0.3, 0.4) is 0 Å². The summed E-state index contributed by atoms with van der Waals surface area (Å²) in [5.41, 5.74) is 0.352. The molecule has 1 unspecified atom stereocenters. The number of amides is 2. The van der Waals surface area contributed by atoms with E-state index >= 15 is 0 Å². The zero-order valence-electron chi connectivity index (χ0n) is 19.7. The van der Waals surface area contributed by atoms with Gasteiger partial charge in [0.2, 0.25) is 5.91 Å². The van der Waals surface area contributed by atoms with E-state index in [2.05, 4.69) is 10.3 Å². The summed E-state index contributed by atoms with van der Waals surface area (Å²) in [6, 6.07) is -0.338. The second-order valence-electron chi connectivity index (χ2n) is 7.77. The van der Waals surface area contributed by atoms with E-state index in [-0.39, 0.29) is 42.8 Å². The number of rotatable bonds is 14. The number of aromatic nitrogens is 1. The average molecular weight is 486 g/mol. The Morgan fingerprint density at radius 2 is 1.88 bits per heavy atom. The number of thiazole rings is 1. The van der Waals surface area contributed by atoms with Gasteiger partial charge in [0.25, 0.3) is 5.91 Å². The molecule has 0 bridgehead atoms. The Labute approximate surface area is 198 Å². The van der Waals surface area contributed by atoms with E-state index in [1.165, 1.54) is 11.3 Å². The number of methoxy groups -OCH3 is 1. The van der Waals surface area contributed by atoms with Crippen LogP contribution >= 0.6 is 11.3 Å². The molecular weight excluding hydrogens is 450 g/mol. The lowest BCUT2D eigenvalue weighted by molar-refractivity contribution is -0.143. The van der Waals surface area contributed by atoms with Crippen molar-refractivity contribution in [1.82, 2.24) is 15.2 Å². The highest BCUT2D eigenvalue weighted by atomic mass is 32.1. The maximum atomic E-state index is 12.4. The normalized spacial score (nSPS) is 15.3. The molecule has 1 atom stereocenters. The summed E-state index contributed by atoms with van der Waals surface area (Å²) in [7, 11) is 1.61. The van der Waals surface area contributed by atoms with Gasteiger partial charge in [0.15, 0.2) is 0 Å². The van der Waals surface area contributed by atoms with Gasteiger partial charge < -0.3 is 29.2 Å². The number of hydrogen-bond acceptors (Lipinski definition) is 9. The Kier molecular flexibility index (Phi) is 12.3. The number of carbonyl (C=O) groups excluding carboxylic acids is 3. The van der Waals surface area contributed by atoms with Gasteiger partial charge in [-0.05, 0) is 26.7 Å². The number of carbonyl (C=O) groups is 3. The maximum Gasteiger partial charge on any atom is 0.307 e. The largest absolute Gasteiger partial charge is 0.466 e. The smallest absolute Gasteiger partial charge is 0.307 e. The van der Waals surface area contributed by atoms with E-state index in [4.69, 9.17) is 18.9 Å². The van der Waals surface area contributed by atoms with Crippen LogP contribution in [0.2, 0.25) is 0 Å². The molecule has 1 fully saturated rings. The molecule has 11 heteroatoms. The van der Waals surface area contributed by atoms with Gasteiger partial charge in [-0.1, -0.05) is 0 Å². The van der Waals surface area contributed by atoms with Gasteiger partial charge in [0.05, 0.1) is 44.5 Å². The van der Waals surface area contributed by atoms with Crippen LogP contribution in [0, 0.1) is 0 Å². The zero-order chi connectivity index (χ0) is 24.1. The molecule has 1 aliphatic heterocycles. The number of piperidine rings is 1. The first-order chi connectivity index (χ1) is 15.9. The topological polar surface area (TPSA) is 116 Å². The molecule has 0 radical (unpaired) electrons. The van der Waals surface area contributed by atoms with Gasteiger partial charge in [-0.25, -0.2) is 4.98 Å². The molecule has 0 spiro atoms. The van der Waals surface area contributed by atoms with Crippen molar-refractivity contribution in [2.24, 2.45) is 0 Å². The van der Waals surface area contributed by atoms with Crippen molar-refractivity contribution in [3.63, 3.8) is 0 Å². The molecule has 2 rings (SSSR count). The van der Waals surface area contributed by atoms with Crippen LogP contribution in [0.15, 0.2) is 5.38 Å². The Morgan fingerprint density at radius 1 is 1.18 bits per heavy atom. The molecule has 2 amide bonds. The lowest BCUT2D eigenvalue weighted by Gasteiger charge is -2.31. The third-order valence-corrected chi connectivity index (χ3v) is 6.14. The average Bonchev–Trinajstić information content (AvgIpc) is 3.29. The fourth-order valence-corrected chi connectivity index (χ4v) is 4.36. The molecule has 0 aromatic carbocycles. The molecule has 2 heterocycles. The van der Waals surface area contributed by atoms with E-state index in [1.54, 1.807) is 31.2 Å². The van der Waals surface area contributed by atoms with E-state index in [1.807, 2.05) is 0 Å². The van der Waals surface area contributed by atoms with Gasteiger partial charge in [0.1, 0.15) is 12.3 Å². The van der Waals surface area contributed by atoms with Crippen molar-refractivity contribution < 1.29 is 33.3 Å². The van der Waals surface area contributed by atoms with Crippen LogP contribution in [-0.4, -0.2) is 93.5 Å². The Hall–Kier alpha value is -2.08. The fourth-order valence-electron chi connectivity index (χ4n) is 3.39. The van der Waals surface area contributed by atoms with Crippen molar-refractivity contribution in [3.8, 4) is 0 Å². The zero-order valence-corrected chi connectivity index (χ0v) is 20.5. The minimum atomic E-state index is -0.341. The number of nitrogens with one attached hydrogen (secondary N) is 1. The summed E-state index contributed by atoms with van der Waals surface area (Å²) < 4.78 is 20.5. The predicted molar refractivity (Wildman–Crippen MR) is 122 cm³/mol. The second kappa shape index (κ2) is 14.9. The lowest BCUT2D eigenvalue weighted by atomic mass is 9.97. The highest BCUT2D eigenvalue weighted by molar-refractivity contribution is 7.09. The van der Waals surface area contributed by atoms with Crippen molar-refractivity contribution in [1.29, 1.82) is 0 Å². The molecule has 186 valence electrons. The third kappa shape index (κ3) is 9.75. The van der Waals surface area contributed by atoms with Crippen molar-refractivity contribution in [2.45, 2.75) is 45.1 Å². The molecule has 1 N–H and O–H groups in total. The Balaban J connectivity index is 1.69. The second-order valence-corrected chi connectivity index (χ2v) is 8.66. The number of ether oxygens (including phenoxy) is 4. The van der Waals surface area contributed by atoms with Crippen LogP contribution < -0.4 is 5.32 Å². The molecule has 33 heavy (non-hydrogen) atoms. The fraction of sp³-hybridized carbons (Fsp3) is 0.727. The number of nitrogens with zero attached hydrogens (tertiary/aromatic N) is 2. The first-order valence-corrected chi connectivity index (χ1v) is 12.2. The van der Waals surface area contributed by atoms with Gasteiger partial charge in [-0.2, -0.15) is 0 Å². The number of esters is 1. The number of likely N-dealkylation sites (tertiary alicyclic amines) is 1. The first-order valence-electron chi connectivity index (χ1n) is 11.3. The standard InChI is InChI=1S/C22H35N3O7S/c1-4-32-20(27)13-16(2)23-21(28)18-15-33-22(24-18)17-5-7-25(8-6-17)19(26)14-31-12-11-30-10-9-29-3/h15-17H,4-14H2,1-3H3,(H,23,28).